The largest absolute Gasteiger partial charge is 0.396 e. The maximum Gasteiger partial charge on any atom is 0.291 e. The summed E-state index contributed by atoms with van der Waals surface area (Å²) in [4.78, 5) is 14.5. The Morgan fingerprint density at radius 3 is 2.90 bits per heavy atom. The van der Waals surface area contributed by atoms with Crippen molar-refractivity contribution in [2.45, 2.75) is 26.2 Å². The number of halogens is 1. The topological polar surface area (TPSA) is 88.3 Å². The first-order chi connectivity index (χ1) is 9.54. The maximum absolute atomic E-state index is 10.8. The van der Waals surface area contributed by atoms with Crippen LogP contribution in [0, 0.1) is 28.9 Å². The van der Waals surface area contributed by atoms with Crippen LogP contribution in [0.15, 0.2) is 10.7 Å². The Morgan fingerprint density at radius 2 is 2.25 bits per heavy atom. The molecule has 1 aliphatic rings. The maximum atomic E-state index is 10.8. The SMILES string of the molecule is Cc1c([N+](=O)[O-])cnc(NCC2CCCC2CO)c1Br. The molecule has 2 N–H and O–H groups in total. The van der Waals surface area contributed by atoms with E-state index in [-0.39, 0.29) is 12.3 Å². The standard InChI is InChI=1S/C13H18BrN3O3/c1-8-11(17(19)20)6-16-13(12(8)14)15-5-9-3-2-4-10(9)7-18/h6,9-10,18H,2-5,7H2,1H3,(H,15,16). The quantitative estimate of drug-likeness (QED) is 0.633. The summed E-state index contributed by atoms with van der Waals surface area (Å²) in [5, 5.41) is 23.4. The van der Waals surface area contributed by atoms with Crippen LogP contribution in [-0.4, -0.2) is 28.2 Å². The summed E-state index contributed by atoms with van der Waals surface area (Å²) in [7, 11) is 0. The molecule has 1 aliphatic carbocycles. The molecule has 110 valence electrons. The molecule has 7 heteroatoms. The van der Waals surface area contributed by atoms with E-state index in [1.165, 1.54) is 6.20 Å². The van der Waals surface area contributed by atoms with Crippen LogP contribution in [0.5, 0.6) is 0 Å². The molecule has 1 heterocycles. The molecule has 0 aliphatic heterocycles. The zero-order chi connectivity index (χ0) is 14.7. The summed E-state index contributed by atoms with van der Waals surface area (Å²) in [5.74, 6) is 1.40. The Hall–Kier alpha value is -1.21. The zero-order valence-corrected chi connectivity index (χ0v) is 12.9. The summed E-state index contributed by atoms with van der Waals surface area (Å²) in [6.45, 7) is 2.65. The van der Waals surface area contributed by atoms with Crippen molar-refractivity contribution in [1.82, 2.24) is 4.98 Å². The predicted octanol–water partition coefficient (Wildman–Crippen LogP) is 2.88. The molecule has 0 radical (unpaired) electrons. The van der Waals surface area contributed by atoms with E-state index >= 15 is 0 Å². The Morgan fingerprint density at radius 1 is 1.55 bits per heavy atom. The van der Waals surface area contributed by atoms with Gasteiger partial charge in [-0.3, -0.25) is 10.1 Å². The minimum atomic E-state index is -0.435. The number of rotatable bonds is 5. The smallest absolute Gasteiger partial charge is 0.291 e. The summed E-state index contributed by atoms with van der Waals surface area (Å²) in [6, 6.07) is 0. The number of hydrogen-bond donors (Lipinski definition) is 2. The first-order valence-electron chi connectivity index (χ1n) is 6.68. The molecule has 0 bridgehead atoms. The van der Waals surface area contributed by atoms with Crippen LogP contribution < -0.4 is 5.32 Å². The summed E-state index contributed by atoms with van der Waals surface area (Å²) in [5.41, 5.74) is 0.578. The Balaban J connectivity index is 2.07. The second-order valence-electron chi connectivity index (χ2n) is 5.20. The van der Waals surface area contributed by atoms with Crippen LogP contribution >= 0.6 is 15.9 Å². The number of aliphatic hydroxyl groups is 1. The van der Waals surface area contributed by atoms with Gasteiger partial charge in [0.1, 0.15) is 12.0 Å². The number of nitrogens with one attached hydrogen (secondary N) is 1. The third-order valence-corrected chi connectivity index (χ3v) is 4.99. The molecular formula is C13H18BrN3O3. The van der Waals surface area contributed by atoms with Crippen LogP contribution in [-0.2, 0) is 0 Å². The molecule has 2 unspecified atom stereocenters. The third-order valence-electron chi connectivity index (χ3n) is 4.02. The molecule has 2 rings (SSSR count). The molecule has 0 amide bonds. The van der Waals surface area contributed by atoms with Gasteiger partial charge in [-0.25, -0.2) is 4.98 Å². The van der Waals surface area contributed by atoms with Crippen LogP contribution in [0.3, 0.4) is 0 Å². The van der Waals surface area contributed by atoms with Crippen molar-refractivity contribution < 1.29 is 10.0 Å². The fourth-order valence-electron chi connectivity index (χ4n) is 2.73. The lowest BCUT2D eigenvalue weighted by Crippen LogP contribution is -2.21. The lowest BCUT2D eigenvalue weighted by Gasteiger charge is -2.18. The summed E-state index contributed by atoms with van der Waals surface area (Å²) >= 11 is 3.36. The average Bonchev–Trinajstić information content (AvgIpc) is 2.87. The lowest BCUT2D eigenvalue weighted by molar-refractivity contribution is -0.385. The first kappa shape index (κ1) is 15.2. The van der Waals surface area contributed by atoms with Gasteiger partial charge in [-0.2, -0.15) is 0 Å². The van der Waals surface area contributed by atoms with Gasteiger partial charge in [-0.15, -0.1) is 0 Å². The molecular weight excluding hydrogens is 326 g/mol. The molecule has 1 aromatic heterocycles. The van der Waals surface area contributed by atoms with E-state index in [1.54, 1.807) is 6.92 Å². The van der Waals surface area contributed by atoms with Gasteiger partial charge in [0.15, 0.2) is 0 Å². The number of pyridine rings is 1. The highest BCUT2D eigenvalue weighted by Gasteiger charge is 2.27. The van der Waals surface area contributed by atoms with E-state index in [2.05, 4.69) is 26.2 Å². The number of aliphatic hydroxyl groups excluding tert-OH is 1. The average molecular weight is 344 g/mol. The van der Waals surface area contributed by atoms with Crippen molar-refractivity contribution in [3.05, 3.63) is 26.3 Å². The second kappa shape index (κ2) is 6.49. The Labute approximate surface area is 125 Å². The highest BCUT2D eigenvalue weighted by molar-refractivity contribution is 9.10. The van der Waals surface area contributed by atoms with E-state index in [4.69, 9.17) is 0 Å². The van der Waals surface area contributed by atoms with Gasteiger partial charge in [0, 0.05) is 18.7 Å². The van der Waals surface area contributed by atoms with Crippen molar-refractivity contribution in [3.8, 4) is 0 Å². The fraction of sp³-hybridized carbons (Fsp3) is 0.615. The molecule has 0 spiro atoms. The van der Waals surface area contributed by atoms with Gasteiger partial charge in [0.2, 0.25) is 0 Å². The molecule has 1 aromatic rings. The Bertz CT molecular complexity index is 510. The van der Waals surface area contributed by atoms with Crippen molar-refractivity contribution in [2.24, 2.45) is 11.8 Å². The van der Waals surface area contributed by atoms with Gasteiger partial charge in [0.05, 0.1) is 9.40 Å². The van der Waals surface area contributed by atoms with Crippen molar-refractivity contribution in [1.29, 1.82) is 0 Å². The van der Waals surface area contributed by atoms with Crippen molar-refractivity contribution in [2.75, 3.05) is 18.5 Å². The molecule has 2 atom stereocenters. The molecule has 0 aromatic carbocycles. The van der Waals surface area contributed by atoms with E-state index in [0.29, 0.717) is 27.7 Å². The minimum Gasteiger partial charge on any atom is -0.396 e. The molecule has 20 heavy (non-hydrogen) atoms. The summed E-state index contributed by atoms with van der Waals surface area (Å²) in [6.07, 6.45) is 4.59. The van der Waals surface area contributed by atoms with E-state index in [0.717, 1.165) is 25.8 Å². The minimum absolute atomic E-state index is 0.0107. The van der Waals surface area contributed by atoms with E-state index < -0.39 is 4.92 Å². The highest BCUT2D eigenvalue weighted by atomic mass is 79.9. The van der Waals surface area contributed by atoms with Crippen molar-refractivity contribution >= 4 is 27.4 Å². The normalized spacial score (nSPS) is 21.9. The molecule has 1 saturated carbocycles. The lowest BCUT2D eigenvalue weighted by atomic mass is 9.97. The van der Waals surface area contributed by atoms with Crippen LogP contribution in [0.2, 0.25) is 0 Å². The number of nitrogens with zero attached hydrogens (tertiary/aromatic N) is 2. The predicted molar refractivity (Wildman–Crippen MR) is 79.7 cm³/mol. The molecule has 1 fully saturated rings. The van der Waals surface area contributed by atoms with E-state index in [1.807, 2.05) is 0 Å². The second-order valence-corrected chi connectivity index (χ2v) is 6.00. The van der Waals surface area contributed by atoms with Gasteiger partial charge in [-0.05, 0) is 47.5 Å². The third kappa shape index (κ3) is 3.09. The van der Waals surface area contributed by atoms with Crippen molar-refractivity contribution in [3.63, 3.8) is 0 Å². The molecule has 6 nitrogen and oxygen atoms in total. The summed E-state index contributed by atoms with van der Waals surface area (Å²) < 4.78 is 0.630. The van der Waals surface area contributed by atoms with Gasteiger partial charge in [0.25, 0.3) is 5.69 Å². The first-order valence-corrected chi connectivity index (χ1v) is 7.48. The van der Waals surface area contributed by atoms with Crippen LogP contribution in [0.25, 0.3) is 0 Å². The van der Waals surface area contributed by atoms with Gasteiger partial charge < -0.3 is 10.4 Å². The van der Waals surface area contributed by atoms with Gasteiger partial charge >= 0.3 is 0 Å². The number of aromatic nitrogens is 1. The Kier molecular flexibility index (Phi) is 4.93. The van der Waals surface area contributed by atoms with Crippen LogP contribution in [0.4, 0.5) is 11.5 Å². The number of anilines is 1. The number of hydrogen-bond acceptors (Lipinski definition) is 5. The fourth-order valence-corrected chi connectivity index (χ4v) is 3.17. The van der Waals surface area contributed by atoms with E-state index in [9.17, 15) is 15.2 Å². The molecule has 0 saturated heterocycles. The monoisotopic (exact) mass is 343 g/mol. The van der Waals surface area contributed by atoms with Gasteiger partial charge in [-0.1, -0.05) is 6.42 Å². The number of nitro groups is 1. The zero-order valence-electron chi connectivity index (χ0n) is 11.3. The highest BCUT2D eigenvalue weighted by Crippen LogP contribution is 2.33. The van der Waals surface area contributed by atoms with Crippen LogP contribution in [0.1, 0.15) is 24.8 Å².